The van der Waals surface area contributed by atoms with Crippen molar-refractivity contribution in [3.8, 4) is 0 Å². The number of likely N-dealkylation sites (tertiary alicyclic amines) is 1. The van der Waals surface area contributed by atoms with E-state index in [1.54, 1.807) is 12.4 Å². The molecule has 1 amide bonds. The van der Waals surface area contributed by atoms with Crippen LogP contribution >= 0.6 is 0 Å². The molecule has 0 spiro atoms. The van der Waals surface area contributed by atoms with Crippen LogP contribution in [0.5, 0.6) is 0 Å². The van der Waals surface area contributed by atoms with Gasteiger partial charge >= 0.3 is 5.97 Å². The Bertz CT molecular complexity index is 783. The van der Waals surface area contributed by atoms with E-state index >= 15 is 0 Å². The molecule has 0 bridgehead atoms. The van der Waals surface area contributed by atoms with Crippen LogP contribution in [0.15, 0.2) is 35.0 Å². The molecule has 7 nitrogen and oxygen atoms in total. The quantitative estimate of drug-likeness (QED) is 0.808. The average molecular weight is 371 g/mol. The summed E-state index contributed by atoms with van der Waals surface area (Å²) in [6.45, 7) is 5.71. The molecule has 2 aromatic heterocycles. The van der Waals surface area contributed by atoms with Crippen LogP contribution in [0, 0.1) is 25.7 Å². The van der Waals surface area contributed by atoms with E-state index < -0.39 is 11.9 Å². The number of aryl methyl sites for hydroxylation is 2. The Hall–Kier alpha value is -2.67. The number of aliphatic carboxylic acids is 1. The fourth-order valence-corrected chi connectivity index (χ4v) is 3.47. The van der Waals surface area contributed by atoms with Crippen molar-refractivity contribution < 1.29 is 19.1 Å². The van der Waals surface area contributed by atoms with Crippen molar-refractivity contribution in [1.82, 2.24) is 15.2 Å². The van der Waals surface area contributed by atoms with Crippen LogP contribution in [-0.2, 0) is 22.7 Å². The molecule has 1 saturated heterocycles. The number of piperidine rings is 1. The minimum atomic E-state index is -0.864. The third-order valence-corrected chi connectivity index (χ3v) is 5.03. The molecule has 0 aliphatic carbocycles. The standard InChI is InChI=1S/C20H25N3O4/c1-13-6-18(27-14(13)2)12-23-10-16(7-17(11-23)20(25)26)19(24)22-9-15-4-3-5-21-8-15/h3-6,8,16-17H,7,9-12H2,1-2H3,(H,22,24)(H,25,26)/t16-,17+/m1/s1. The number of carbonyl (C=O) groups is 2. The van der Waals surface area contributed by atoms with Gasteiger partial charge in [0.2, 0.25) is 5.91 Å². The zero-order valence-corrected chi connectivity index (χ0v) is 15.6. The van der Waals surface area contributed by atoms with Gasteiger partial charge in [-0.15, -0.1) is 0 Å². The normalized spacial score (nSPS) is 20.4. The summed E-state index contributed by atoms with van der Waals surface area (Å²) in [5.41, 5.74) is 1.98. The highest BCUT2D eigenvalue weighted by molar-refractivity contribution is 5.80. The average Bonchev–Trinajstić information content (AvgIpc) is 2.97. The summed E-state index contributed by atoms with van der Waals surface area (Å²) in [4.78, 5) is 30.2. The molecule has 0 unspecified atom stereocenters. The third-order valence-electron chi connectivity index (χ3n) is 5.03. The van der Waals surface area contributed by atoms with Gasteiger partial charge in [-0.05, 0) is 43.5 Å². The van der Waals surface area contributed by atoms with Crippen molar-refractivity contribution in [3.05, 3.63) is 53.2 Å². The summed E-state index contributed by atoms with van der Waals surface area (Å²) >= 11 is 0. The monoisotopic (exact) mass is 371 g/mol. The highest BCUT2D eigenvalue weighted by atomic mass is 16.4. The fourth-order valence-electron chi connectivity index (χ4n) is 3.47. The Labute approximate surface area is 158 Å². The third kappa shape index (κ3) is 4.95. The highest BCUT2D eigenvalue weighted by Gasteiger charge is 2.35. The summed E-state index contributed by atoms with van der Waals surface area (Å²) in [6.07, 6.45) is 3.73. The zero-order valence-electron chi connectivity index (χ0n) is 15.6. The maximum atomic E-state index is 12.6. The molecule has 2 N–H and O–H groups in total. The van der Waals surface area contributed by atoms with Crippen molar-refractivity contribution >= 4 is 11.9 Å². The summed E-state index contributed by atoms with van der Waals surface area (Å²) in [7, 11) is 0. The van der Waals surface area contributed by atoms with Gasteiger partial charge in [0.15, 0.2) is 0 Å². The number of carboxylic acids is 1. The Morgan fingerprint density at radius 2 is 2.11 bits per heavy atom. The van der Waals surface area contributed by atoms with Crippen molar-refractivity contribution in [1.29, 1.82) is 0 Å². The van der Waals surface area contributed by atoms with Gasteiger partial charge in [0, 0.05) is 32.0 Å². The topological polar surface area (TPSA) is 95.7 Å². The molecule has 2 aromatic rings. The van der Waals surface area contributed by atoms with Gasteiger partial charge in [-0.2, -0.15) is 0 Å². The Morgan fingerprint density at radius 3 is 2.74 bits per heavy atom. The molecule has 0 radical (unpaired) electrons. The minimum absolute atomic E-state index is 0.124. The van der Waals surface area contributed by atoms with E-state index in [-0.39, 0.29) is 11.8 Å². The van der Waals surface area contributed by atoms with Crippen molar-refractivity contribution in [2.75, 3.05) is 13.1 Å². The lowest BCUT2D eigenvalue weighted by Gasteiger charge is -2.35. The Morgan fingerprint density at radius 1 is 1.33 bits per heavy atom. The zero-order chi connectivity index (χ0) is 19.4. The maximum absolute atomic E-state index is 12.6. The lowest BCUT2D eigenvalue weighted by atomic mass is 9.88. The van der Waals surface area contributed by atoms with Gasteiger partial charge in [-0.25, -0.2) is 0 Å². The molecule has 2 atom stereocenters. The Kier molecular flexibility index (Phi) is 5.91. The summed E-state index contributed by atoms with van der Waals surface area (Å²) < 4.78 is 5.72. The Balaban J connectivity index is 1.64. The van der Waals surface area contributed by atoms with Crippen molar-refractivity contribution in [2.24, 2.45) is 11.8 Å². The smallest absolute Gasteiger partial charge is 0.307 e. The second-order valence-corrected chi connectivity index (χ2v) is 7.19. The van der Waals surface area contributed by atoms with E-state index in [1.165, 1.54) is 0 Å². The first kappa shape index (κ1) is 19.1. The predicted molar refractivity (Wildman–Crippen MR) is 98.8 cm³/mol. The number of carboxylic acid groups (broad SMARTS) is 1. The number of amides is 1. The van der Waals surface area contributed by atoms with Crippen molar-refractivity contribution in [2.45, 2.75) is 33.4 Å². The van der Waals surface area contributed by atoms with Gasteiger partial charge < -0.3 is 14.8 Å². The van der Waals surface area contributed by atoms with E-state index in [0.29, 0.717) is 32.6 Å². The van der Waals surface area contributed by atoms with Gasteiger partial charge in [0.1, 0.15) is 11.5 Å². The van der Waals surface area contributed by atoms with Crippen molar-refractivity contribution in [3.63, 3.8) is 0 Å². The number of rotatable bonds is 6. The predicted octanol–water partition coefficient (Wildman–Crippen LogP) is 2.13. The molecule has 3 rings (SSSR count). The molecular formula is C20H25N3O4. The number of hydrogen-bond acceptors (Lipinski definition) is 5. The molecule has 1 aliphatic heterocycles. The maximum Gasteiger partial charge on any atom is 0.307 e. The number of nitrogens with one attached hydrogen (secondary N) is 1. The summed E-state index contributed by atoms with van der Waals surface area (Å²) in [6, 6.07) is 5.68. The molecule has 1 fully saturated rings. The first-order valence-electron chi connectivity index (χ1n) is 9.10. The van der Waals surface area contributed by atoms with Crippen LogP contribution in [-0.4, -0.2) is 40.0 Å². The number of aromatic nitrogens is 1. The molecule has 1 aliphatic rings. The minimum Gasteiger partial charge on any atom is -0.481 e. The SMILES string of the molecule is Cc1cc(CN2C[C@@H](C(=O)O)C[C@@H](C(=O)NCc3cccnc3)C2)oc1C. The molecule has 0 saturated carbocycles. The van der Waals surface area contributed by atoms with E-state index in [4.69, 9.17) is 4.42 Å². The molecule has 0 aromatic carbocycles. The number of hydrogen-bond donors (Lipinski definition) is 2. The van der Waals surface area contributed by atoms with Gasteiger partial charge in [-0.3, -0.25) is 19.5 Å². The molecular weight excluding hydrogens is 346 g/mol. The van der Waals surface area contributed by atoms with E-state index in [9.17, 15) is 14.7 Å². The van der Waals surface area contributed by atoms with Crippen LogP contribution in [0.25, 0.3) is 0 Å². The first-order valence-corrected chi connectivity index (χ1v) is 9.10. The molecule has 7 heteroatoms. The van der Waals surface area contributed by atoms with E-state index in [0.717, 1.165) is 22.6 Å². The number of carbonyl (C=O) groups excluding carboxylic acids is 1. The summed E-state index contributed by atoms with van der Waals surface area (Å²) in [5, 5.41) is 12.4. The largest absolute Gasteiger partial charge is 0.481 e. The lowest BCUT2D eigenvalue weighted by molar-refractivity contribution is -0.145. The van der Waals surface area contributed by atoms with E-state index in [1.807, 2.05) is 36.9 Å². The van der Waals surface area contributed by atoms with Crippen LogP contribution in [0.3, 0.4) is 0 Å². The van der Waals surface area contributed by atoms with Gasteiger partial charge in [-0.1, -0.05) is 6.07 Å². The fraction of sp³-hybridized carbons (Fsp3) is 0.450. The van der Waals surface area contributed by atoms with E-state index in [2.05, 4.69) is 10.3 Å². The molecule has 3 heterocycles. The molecule has 27 heavy (non-hydrogen) atoms. The van der Waals surface area contributed by atoms with Crippen LogP contribution in [0.1, 0.15) is 29.1 Å². The first-order chi connectivity index (χ1) is 12.9. The van der Waals surface area contributed by atoms with Crippen LogP contribution < -0.4 is 5.32 Å². The van der Waals surface area contributed by atoms with Gasteiger partial charge in [0.25, 0.3) is 0 Å². The van der Waals surface area contributed by atoms with Crippen LogP contribution in [0.2, 0.25) is 0 Å². The number of furan rings is 1. The molecule has 144 valence electrons. The second kappa shape index (κ2) is 8.35. The van der Waals surface area contributed by atoms with Gasteiger partial charge in [0.05, 0.1) is 18.4 Å². The van der Waals surface area contributed by atoms with Crippen LogP contribution in [0.4, 0.5) is 0 Å². The summed E-state index contributed by atoms with van der Waals surface area (Å²) in [5.74, 6) is -0.259. The number of pyridine rings is 1. The number of nitrogens with zero attached hydrogens (tertiary/aromatic N) is 2. The lowest BCUT2D eigenvalue weighted by Crippen LogP contribution is -2.47. The highest BCUT2D eigenvalue weighted by Crippen LogP contribution is 2.25. The second-order valence-electron chi connectivity index (χ2n) is 7.19.